The molecule has 1 atom stereocenters. The van der Waals surface area contributed by atoms with Crippen LogP contribution in [0.5, 0.6) is 0 Å². The van der Waals surface area contributed by atoms with Gasteiger partial charge in [0, 0.05) is 44.0 Å². The van der Waals surface area contributed by atoms with Gasteiger partial charge in [-0.1, -0.05) is 12.1 Å². The van der Waals surface area contributed by atoms with E-state index in [2.05, 4.69) is 33.1 Å². The second kappa shape index (κ2) is 6.85. The number of H-pyrrole nitrogens is 1. The molecule has 3 heterocycles. The average molecular weight is 342 g/mol. The minimum absolute atomic E-state index is 0.599. The number of ether oxygens (including phenoxy) is 1. The summed E-state index contributed by atoms with van der Waals surface area (Å²) in [7, 11) is 0. The zero-order valence-electron chi connectivity index (χ0n) is 14.0. The first-order valence-corrected chi connectivity index (χ1v) is 8.63. The normalized spacial score (nSPS) is 21.1. The van der Waals surface area contributed by atoms with Crippen molar-refractivity contribution in [3.05, 3.63) is 47.5 Å². The molecule has 0 spiro atoms. The SMILES string of the molecule is O=C(O)[C@@H]1c2nc[nH]c2CCN1Cc1cccc(N2CCOCC2)c1. The van der Waals surface area contributed by atoms with E-state index >= 15 is 0 Å². The van der Waals surface area contributed by atoms with Crippen molar-refractivity contribution < 1.29 is 14.6 Å². The lowest BCUT2D eigenvalue weighted by atomic mass is 10.0. The molecule has 0 unspecified atom stereocenters. The van der Waals surface area contributed by atoms with Crippen LogP contribution in [0, 0.1) is 0 Å². The number of morpholine rings is 1. The maximum atomic E-state index is 11.8. The maximum Gasteiger partial charge on any atom is 0.327 e. The Morgan fingerprint density at radius 1 is 1.32 bits per heavy atom. The standard InChI is InChI=1S/C18H22N4O3/c23-18(24)17-16-15(19-12-20-16)4-5-22(17)11-13-2-1-3-14(10-13)21-6-8-25-9-7-21/h1-3,10,12,17H,4-9,11H2,(H,19,20)(H,23,24)/t17-/m0/s1. The van der Waals surface area contributed by atoms with Gasteiger partial charge in [0.2, 0.25) is 0 Å². The van der Waals surface area contributed by atoms with Crippen molar-refractivity contribution in [2.75, 3.05) is 37.7 Å². The first-order valence-electron chi connectivity index (χ1n) is 8.63. The molecule has 1 saturated heterocycles. The summed E-state index contributed by atoms with van der Waals surface area (Å²) in [5, 5.41) is 9.69. The summed E-state index contributed by atoms with van der Waals surface area (Å²) < 4.78 is 5.41. The molecule has 2 aliphatic heterocycles. The molecule has 2 aromatic rings. The summed E-state index contributed by atoms with van der Waals surface area (Å²) in [6.07, 6.45) is 2.38. The molecule has 1 aromatic carbocycles. The number of fused-ring (bicyclic) bond motifs is 1. The third-order valence-electron chi connectivity index (χ3n) is 4.93. The molecule has 7 nitrogen and oxygen atoms in total. The van der Waals surface area contributed by atoms with E-state index < -0.39 is 12.0 Å². The van der Waals surface area contributed by atoms with Crippen molar-refractivity contribution in [3.63, 3.8) is 0 Å². The molecule has 132 valence electrons. The van der Waals surface area contributed by atoms with Crippen LogP contribution >= 0.6 is 0 Å². The Morgan fingerprint density at radius 2 is 2.16 bits per heavy atom. The molecular formula is C18H22N4O3. The Balaban J connectivity index is 1.54. The molecule has 2 N–H and O–H groups in total. The molecular weight excluding hydrogens is 320 g/mol. The van der Waals surface area contributed by atoms with Crippen molar-refractivity contribution in [1.82, 2.24) is 14.9 Å². The third-order valence-corrected chi connectivity index (χ3v) is 4.93. The van der Waals surface area contributed by atoms with Crippen LogP contribution in [0.15, 0.2) is 30.6 Å². The number of nitrogens with one attached hydrogen (secondary N) is 1. The Kier molecular flexibility index (Phi) is 4.42. The molecule has 0 radical (unpaired) electrons. The van der Waals surface area contributed by atoms with Crippen LogP contribution in [0.2, 0.25) is 0 Å². The molecule has 25 heavy (non-hydrogen) atoms. The predicted molar refractivity (Wildman–Crippen MR) is 92.6 cm³/mol. The number of nitrogens with zero attached hydrogens (tertiary/aromatic N) is 3. The van der Waals surface area contributed by atoms with E-state index in [9.17, 15) is 9.90 Å². The van der Waals surface area contributed by atoms with Gasteiger partial charge in [-0.3, -0.25) is 9.69 Å². The monoisotopic (exact) mass is 342 g/mol. The summed E-state index contributed by atoms with van der Waals surface area (Å²) in [6, 6.07) is 7.67. The summed E-state index contributed by atoms with van der Waals surface area (Å²) >= 11 is 0. The number of aromatic nitrogens is 2. The Labute approximate surface area is 146 Å². The molecule has 0 amide bonds. The number of carboxylic acid groups (broad SMARTS) is 1. The Hall–Kier alpha value is -2.38. The molecule has 1 fully saturated rings. The lowest BCUT2D eigenvalue weighted by Crippen LogP contribution is -2.39. The van der Waals surface area contributed by atoms with Crippen LogP contribution in [0.25, 0.3) is 0 Å². The number of aromatic amines is 1. The van der Waals surface area contributed by atoms with Gasteiger partial charge in [0.1, 0.15) is 0 Å². The maximum absolute atomic E-state index is 11.8. The van der Waals surface area contributed by atoms with Crippen molar-refractivity contribution in [2.45, 2.75) is 19.0 Å². The number of imidazole rings is 1. The summed E-state index contributed by atoms with van der Waals surface area (Å²) in [6.45, 7) is 4.58. The minimum Gasteiger partial charge on any atom is -0.480 e. The highest BCUT2D eigenvalue weighted by Crippen LogP contribution is 2.29. The fourth-order valence-corrected chi connectivity index (χ4v) is 3.68. The number of hydrogen-bond acceptors (Lipinski definition) is 5. The van der Waals surface area contributed by atoms with Crippen LogP contribution in [0.3, 0.4) is 0 Å². The largest absolute Gasteiger partial charge is 0.480 e. The zero-order valence-corrected chi connectivity index (χ0v) is 14.0. The van der Waals surface area contributed by atoms with Crippen molar-refractivity contribution in [2.24, 2.45) is 0 Å². The lowest BCUT2D eigenvalue weighted by Gasteiger charge is -2.33. The minimum atomic E-state index is -0.850. The molecule has 4 rings (SSSR count). The summed E-state index contributed by atoms with van der Waals surface area (Å²) in [5.41, 5.74) is 3.87. The molecule has 7 heteroatoms. The Morgan fingerprint density at radius 3 is 2.96 bits per heavy atom. The first-order chi connectivity index (χ1) is 12.2. The Bertz CT molecular complexity index is 754. The third kappa shape index (κ3) is 3.25. The second-order valence-corrected chi connectivity index (χ2v) is 6.50. The van der Waals surface area contributed by atoms with E-state index in [-0.39, 0.29) is 0 Å². The van der Waals surface area contributed by atoms with Gasteiger partial charge in [0.15, 0.2) is 6.04 Å². The van der Waals surface area contributed by atoms with Crippen LogP contribution in [0.4, 0.5) is 5.69 Å². The number of anilines is 1. The van der Waals surface area contributed by atoms with E-state index in [0.29, 0.717) is 18.8 Å². The van der Waals surface area contributed by atoms with Crippen molar-refractivity contribution in [1.29, 1.82) is 0 Å². The van der Waals surface area contributed by atoms with Gasteiger partial charge >= 0.3 is 5.97 Å². The van der Waals surface area contributed by atoms with Gasteiger partial charge in [-0.15, -0.1) is 0 Å². The van der Waals surface area contributed by atoms with E-state index in [4.69, 9.17) is 4.74 Å². The van der Waals surface area contributed by atoms with Crippen molar-refractivity contribution in [3.8, 4) is 0 Å². The van der Waals surface area contributed by atoms with Crippen molar-refractivity contribution >= 4 is 11.7 Å². The summed E-state index contributed by atoms with van der Waals surface area (Å²) in [5.74, 6) is -0.850. The quantitative estimate of drug-likeness (QED) is 0.875. The summed E-state index contributed by atoms with van der Waals surface area (Å²) in [4.78, 5) is 23.4. The zero-order chi connectivity index (χ0) is 17.2. The molecule has 2 aliphatic rings. The number of benzene rings is 1. The number of hydrogen-bond donors (Lipinski definition) is 2. The number of aliphatic carboxylic acids is 1. The van der Waals surface area contributed by atoms with Gasteiger partial charge in [-0.05, 0) is 17.7 Å². The molecule has 1 aromatic heterocycles. The second-order valence-electron chi connectivity index (χ2n) is 6.50. The van der Waals surface area contributed by atoms with Crippen LogP contribution in [0.1, 0.15) is 23.0 Å². The van der Waals surface area contributed by atoms with Gasteiger partial charge in [-0.2, -0.15) is 0 Å². The predicted octanol–water partition coefficient (Wildman–Crippen LogP) is 1.43. The van der Waals surface area contributed by atoms with E-state index in [0.717, 1.165) is 44.0 Å². The fraction of sp³-hybridized carbons (Fsp3) is 0.444. The van der Waals surface area contributed by atoms with Gasteiger partial charge < -0.3 is 19.7 Å². The van der Waals surface area contributed by atoms with E-state index in [1.807, 2.05) is 11.0 Å². The van der Waals surface area contributed by atoms with Gasteiger partial charge in [0.05, 0.1) is 25.2 Å². The molecule has 0 aliphatic carbocycles. The van der Waals surface area contributed by atoms with Crippen LogP contribution in [-0.4, -0.2) is 58.8 Å². The average Bonchev–Trinajstić information content (AvgIpc) is 3.11. The lowest BCUT2D eigenvalue weighted by molar-refractivity contribution is -0.144. The molecule has 0 bridgehead atoms. The smallest absolute Gasteiger partial charge is 0.327 e. The highest BCUT2D eigenvalue weighted by molar-refractivity contribution is 5.75. The van der Waals surface area contributed by atoms with E-state index in [1.165, 1.54) is 5.69 Å². The highest BCUT2D eigenvalue weighted by atomic mass is 16.5. The number of carbonyl (C=O) groups is 1. The number of carboxylic acids is 1. The van der Waals surface area contributed by atoms with Gasteiger partial charge in [-0.25, -0.2) is 4.98 Å². The molecule has 0 saturated carbocycles. The van der Waals surface area contributed by atoms with E-state index in [1.54, 1.807) is 6.33 Å². The number of rotatable bonds is 4. The van der Waals surface area contributed by atoms with Gasteiger partial charge in [0.25, 0.3) is 0 Å². The fourth-order valence-electron chi connectivity index (χ4n) is 3.68. The topological polar surface area (TPSA) is 81.7 Å². The first kappa shape index (κ1) is 16.1. The van der Waals surface area contributed by atoms with Crippen LogP contribution in [-0.2, 0) is 22.5 Å². The highest BCUT2D eigenvalue weighted by Gasteiger charge is 2.35. The van der Waals surface area contributed by atoms with Crippen LogP contribution < -0.4 is 4.90 Å².